The zero-order valence-electron chi connectivity index (χ0n) is 10.6. The van der Waals surface area contributed by atoms with Crippen LogP contribution in [0.5, 0.6) is 0 Å². The smallest absolute Gasteiger partial charge is 0.236 e. The van der Waals surface area contributed by atoms with Crippen LogP contribution in [-0.4, -0.2) is 28.0 Å². The van der Waals surface area contributed by atoms with Gasteiger partial charge in [-0.1, -0.05) is 12.8 Å². The number of aryl methyl sites for hydroxylation is 1. The SMILES string of the molecule is Cc1cc(N2CC(=O)CC2=O)n(C2CCCC2)n1. The molecule has 5 heteroatoms. The zero-order valence-corrected chi connectivity index (χ0v) is 10.6. The highest BCUT2D eigenvalue weighted by molar-refractivity contribution is 6.14. The molecule has 0 N–H and O–H groups in total. The fourth-order valence-electron chi connectivity index (χ4n) is 2.92. The summed E-state index contributed by atoms with van der Waals surface area (Å²) in [4.78, 5) is 24.8. The molecule has 2 heterocycles. The van der Waals surface area contributed by atoms with Crippen molar-refractivity contribution in [1.82, 2.24) is 9.78 Å². The molecule has 1 saturated heterocycles. The third-order valence-corrected chi connectivity index (χ3v) is 3.77. The number of carbonyl (C=O) groups is 2. The van der Waals surface area contributed by atoms with Gasteiger partial charge in [0.05, 0.1) is 24.7 Å². The molecule has 0 bridgehead atoms. The predicted octanol–water partition coefficient (Wildman–Crippen LogP) is 1.61. The second-order valence-corrected chi connectivity index (χ2v) is 5.22. The summed E-state index contributed by atoms with van der Waals surface area (Å²) in [5.41, 5.74) is 0.907. The highest BCUT2D eigenvalue weighted by Crippen LogP contribution is 2.33. The second kappa shape index (κ2) is 4.23. The Balaban J connectivity index is 1.95. The van der Waals surface area contributed by atoms with Crippen LogP contribution in [0.4, 0.5) is 5.82 Å². The Labute approximate surface area is 106 Å². The highest BCUT2D eigenvalue weighted by atomic mass is 16.2. The molecule has 1 aliphatic heterocycles. The van der Waals surface area contributed by atoms with E-state index in [1.54, 1.807) is 4.90 Å². The molecule has 1 saturated carbocycles. The minimum atomic E-state index is -0.0980. The monoisotopic (exact) mass is 247 g/mol. The van der Waals surface area contributed by atoms with E-state index < -0.39 is 0 Å². The third-order valence-electron chi connectivity index (χ3n) is 3.77. The number of rotatable bonds is 2. The molecule has 0 unspecified atom stereocenters. The molecule has 2 fully saturated rings. The fourth-order valence-corrected chi connectivity index (χ4v) is 2.92. The van der Waals surface area contributed by atoms with Crippen LogP contribution in [0.2, 0.25) is 0 Å². The van der Waals surface area contributed by atoms with Crippen LogP contribution < -0.4 is 4.90 Å². The lowest BCUT2D eigenvalue weighted by atomic mass is 10.2. The van der Waals surface area contributed by atoms with Gasteiger partial charge in [-0.05, 0) is 19.8 Å². The zero-order chi connectivity index (χ0) is 12.7. The Morgan fingerprint density at radius 3 is 2.61 bits per heavy atom. The molecular formula is C13H17N3O2. The summed E-state index contributed by atoms with van der Waals surface area (Å²) in [7, 11) is 0. The quantitative estimate of drug-likeness (QED) is 0.746. The van der Waals surface area contributed by atoms with E-state index in [4.69, 9.17) is 0 Å². The summed E-state index contributed by atoms with van der Waals surface area (Å²) in [6.45, 7) is 2.13. The molecular weight excluding hydrogens is 230 g/mol. The number of ketones is 1. The van der Waals surface area contributed by atoms with Crippen LogP contribution >= 0.6 is 0 Å². The average Bonchev–Trinajstić information content (AvgIpc) is 2.98. The molecule has 3 rings (SSSR count). The molecule has 0 spiro atoms. The van der Waals surface area contributed by atoms with Gasteiger partial charge in [0, 0.05) is 6.07 Å². The Morgan fingerprint density at radius 1 is 1.28 bits per heavy atom. The lowest BCUT2D eigenvalue weighted by Crippen LogP contribution is -2.28. The number of Topliss-reactive ketones (excluding diaryl/α,β-unsaturated/α-hetero) is 1. The van der Waals surface area contributed by atoms with E-state index in [0.29, 0.717) is 6.04 Å². The first kappa shape index (κ1) is 11.4. The van der Waals surface area contributed by atoms with Crippen molar-refractivity contribution >= 4 is 17.5 Å². The Hall–Kier alpha value is -1.65. The molecule has 96 valence electrons. The van der Waals surface area contributed by atoms with Crippen LogP contribution in [0.3, 0.4) is 0 Å². The van der Waals surface area contributed by atoms with Crippen LogP contribution in [0.15, 0.2) is 6.07 Å². The van der Waals surface area contributed by atoms with Crippen molar-refractivity contribution in [2.75, 3.05) is 11.4 Å². The van der Waals surface area contributed by atoms with E-state index in [-0.39, 0.29) is 24.7 Å². The lowest BCUT2D eigenvalue weighted by molar-refractivity contribution is -0.121. The van der Waals surface area contributed by atoms with Crippen molar-refractivity contribution in [3.05, 3.63) is 11.8 Å². The van der Waals surface area contributed by atoms with E-state index in [2.05, 4.69) is 5.10 Å². The molecule has 1 aromatic rings. The molecule has 1 aliphatic carbocycles. The van der Waals surface area contributed by atoms with Gasteiger partial charge in [-0.15, -0.1) is 0 Å². The Bertz CT molecular complexity index is 500. The first-order chi connectivity index (χ1) is 8.65. The van der Waals surface area contributed by atoms with E-state index in [9.17, 15) is 9.59 Å². The van der Waals surface area contributed by atoms with Crippen LogP contribution in [0.1, 0.15) is 43.8 Å². The normalized spacial score (nSPS) is 21.3. The molecule has 1 aromatic heterocycles. The van der Waals surface area contributed by atoms with Gasteiger partial charge >= 0.3 is 0 Å². The standard InChI is InChI=1S/C13H17N3O2/c1-9-6-12(15-8-11(17)7-13(15)18)16(14-9)10-4-2-3-5-10/h6,10H,2-5,7-8H2,1H3. The van der Waals surface area contributed by atoms with Crippen molar-refractivity contribution in [1.29, 1.82) is 0 Å². The maximum absolute atomic E-state index is 11.8. The van der Waals surface area contributed by atoms with Gasteiger partial charge in [0.15, 0.2) is 5.78 Å². The molecule has 5 nitrogen and oxygen atoms in total. The van der Waals surface area contributed by atoms with Crippen molar-refractivity contribution in [2.24, 2.45) is 0 Å². The largest absolute Gasteiger partial charge is 0.297 e. The van der Waals surface area contributed by atoms with Gasteiger partial charge in [0.25, 0.3) is 0 Å². The van der Waals surface area contributed by atoms with E-state index in [1.165, 1.54) is 12.8 Å². The molecule has 18 heavy (non-hydrogen) atoms. The molecule has 2 aliphatic rings. The first-order valence-corrected chi connectivity index (χ1v) is 6.53. The molecule has 0 aromatic carbocycles. The van der Waals surface area contributed by atoms with Gasteiger partial charge in [0.2, 0.25) is 5.91 Å². The first-order valence-electron chi connectivity index (χ1n) is 6.53. The summed E-state index contributed by atoms with van der Waals surface area (Å²) in [6.07, 6.45) is 4.70. The third kappa shape index (κ3) is 1.83. The van der Waals surface area contributed by atoms with Crippen LogP contribution in [0.25, 0.3) is 0 Å². The minimum Gasteiger partial charge on any atom is -0.297 e. The van der Waals surface area contributed by atoms with E-state index in [1.807, 2.05) is 17.7 Å². The van der Waals surface area contributed by atoms with Gasteiger partial charge in [0.1, 0.15) is 5.82 Å². The van der Waals surface area contributed by atoms with Crippen molar-refractivity contribution in [2.45, 2.75) is 45.1 Å². The van der Waals surface area contributed by atoms with Crippen LogP contribution in [0, 0.1) is 6.92 Å². The number of anilines is 1. The van der Waals surface area contributed by atoms with E-state index >= 15 is 0 Å². The van der Waals surface area contributed by atoms with E-state index in [0.717, 1.165) is 24.4 Å². The number of hydrogen-bond donors (Lipinski definition) is 0. The van der Waals surface area contributed by atoms with Gasteiger partial charge in [-0.3, -0.25) is 14.5 Å². The Morgan fingerprint density at radius 2 is 2.00 bits per heavy atom. The van der Waals surface area contributed by atoms with Crippen LogP contribution in [-0.2, 0) is 9.59 Å². The maximum Gasteiger partial charge on any atom is 0.236 e. The van der Waals surface area contributed by atoms with Crippen molar-refractivity contribution < 1.29 is 9.59 Å². The molecule has 1 amide bonds. The van der Waals surface area contributed by atoms with Gasteiger partial charge in [-0.2, -0.15) is 5.10 Å². The number of hydrogen-bond acceptors (Lipinski definition) is 3. The second-order valence-electron chi connectivity index (χ2n) is 5.22. The highest BCUT2D eigenvalue weighted by Gasteiger charge is 2.32. The number of carbonyl (C=O) groups excluding carboxylic acids is 2. The summed E-state index contributed by atoms with van der Waals surface area (Å²) in [6, 6.07) is 2.30. The van der Waals surface area contributed by atoms with Crippen molar-refractivity contribution in [3.8, 4) is 0 Å². The fraction of sp³-hybridized carbons (Fsp3) is 0.615. The van der Waals surface area contributed by atoms with Gasteiger partial charge in [-0.25, -0.2) is 4.68 Å². The summed E-state index contributed by atoms with van der Waals surface area (Å²) < 4.78 is 1.96. The summed E-state index contributed by atoms with van der Waals surface area (Å²) in [5.74, 6) is 0.700. The lowest BCUT2D eigenvalue weighted by Gasteiger charge is -2.20. The number of nitrogens with zero attached hydrogens (tertiary/aromatic N) is 3. The Kier molecular flexibility index (Phi) is 2.69. The summed E-state index contributed by atoms with van der Waals surface area (Å²) in [5, 5.41) is 4.51. The maximum atomic E-state index is 11.8. The number of aromatic nitrogens is 2. The predicted molar refractivity (Wildman–Crippen MR) is 66.4 cm³/mol. The number of amides is 1. The molecule has 0 radical (unpaired) electrons. The minimum absolute atomic E-state index is 0.00294. The summed E-state index contributed by atoms with van der Waals surface area (Å²) >= 11 is 0. The van der Waals surface area contributed by atoms with Crippen molar-refractivity contribution in [3.63, 3.8) is 0 Å². The molecule has 0 atom stereocenters. The average molecular weight is 247 g/mol. The topological polar surface area (TPSA) is 55.2 Å². The van der Waals surface area contributed by atoms with Gasteiger partial charge < -0.3 is 0 Å².